The van der Waals surface area contributed by atoms with E-state index in [9.17, 15) is 4.79 Å². The van der Waals surface area contributed by atoms with E-state index >= 15 is 0 Å². The molecular formula is C10H12Br3NOS. The number of halogens is 3. The van der Waals surface area contributed by atoms with Crippen LogP contribution >= 0.6 is 59.1 Å². The number of carbonyl (C=O) groups is 1. The second kappa shape index (κ2) is 6.52. The first-order valence-corrected chi connectivity index (χ1v) is 8.08. The van der Waals surface area contributed by atoms with Gasteiger partial charge in [-0.3, -0.25) is 4.79 Å². The van der Waals surface area contributed by atoms with E-state index in [0.717, 1.165) is 26.1 Å². The van der Waals surface area contributed by atoms with Gasteiger partial charge in [-0.05, 0) is 44.3 Å². The third-order valence-electron chi connectivity index (χ3n) is 2.06. The van der Waals surface area contributed by atoms with Gasteiger partial charge in [-0.25, -0.2) is 0 Å². The lowest BCUT2D eigenvalue weighted by atomic mass is 10.3. The third kappa shape index (κ3) is 4.13. The van der Waals surface area contributed by atoms with Crippen LogP contribution in [0, 0.1) is 0 Å². The van der Waals surface area contributed by atoms with Crippen LogP contribution in [-0.2, 0) is 0 Å². The predicted octanol–water partition coefficient (Wildman–Crippen LogP) is 4.52. The van der Waals surface area contributed by atoms with Crippen LogP contribution in [0.4, 0.5) is 0 Å². The molecule has 0 fully saturated rings. The van der Waals surface area contributed by atoms with Crippen molar-refractivity contribution in [2.45, 2.75) is 18.2 Å². The minimum absolute atomic E-state index is 0.0737. The first-order chi connectivity index (χ1) is 7.41. The molecule has 0 N–H and O–H groups in total. The molecule has 90 valence electrons. The molecule has 1 aromatic rings. The number of hydrogen-bond acceptors (Lipinski definition) is 2. The molecule has 0 aliphatic heterocycles. The zero-order valence-corrected chi connectivity index (χ0v) is 14.5. The molecule has 0 saturated heterocycles. The summed E-state index contributed by atoms with van der Waals surface area (Å²) < 4.78 is 1.89. The molecule has 0 saturated carbocycles. The molecule has 1 aromatic heterocycles. The maximum Gasteiger partial charge on any atom is 0.263 e. The third-order valence-corrected chi connectivity index (χ3v) is 5.77. The summed E-state index contributed by atoms with van der Waals surface area (Å²) in [6, 6.07) is 1.85. The first-order valence-electron chi connectivity index (χ1n) is 4.76. The van der Waals surface area contributed by atoms with Crippen molar-refractivity contribution < 1.29 is 4.79 Å². The van der Waals surface area contributed by atoms with Gasteiger partial charge in [0.05, 0.1) is 8.66 Å². The average Bonchev–Trinajstić information content (AvgIpc) is 2.54. The number of amides is 1. The van der Waals surface area contributed by atoms with Crippen molar-refractivity contribution in [2.75, 3.05) is 13.6 Å². The van der Waals surface area contributed by atoms with Gasteiger partial charge in [-0.1, -0.05) is 22.9 Å². The van der Waals surface area contributed by atoms with Gasteiger partial charge in [0.1, 0.15) is 0 Å². The Morgan fingerprint density at radius 3 is 2.62 bits per heavy atom. The fourth-order valence-corrected chi connectivity index (χ4v) is 3.35. The molecule has 0 spiro atoms. The zero-order valence-electron chi connectivity index (χ0n) is 8.97. The molecule has 0 bridgehead atoms. The van der Waals surface area contributed by atoms with E-state index < -0.39 is 0 Å². The molecule has 0 aliphatic rings. The van der Waals surface area contributed by atoms with E-state index in [4.69, 9.17) is 0 Å². The maximum atomic E-state index is 12.0. The van der Waals surface area contributed by atoms with E-state index in [2.05, 4.69) is 54.7 Å². The van der Waals surface area contributed by atoms with Gasteiger partial charge >= 0.3 is 0 Å². The number of rotatable bonds is 4. The Kier molecular flexibility index (Phi) is 5.98. The normalized spacial score (nSPS) is 12.6. The lowest BCUT2D eigenvalue weighted by Crippen LogP contribution is -2.28. The molecule has 0 radical (unpaired) electrons. The highest BCUT2D eigenvalue weighted by molar-refractivity contribution is 9.13. The Balaban J connectivity index is 2.63. The minimum atomic E-state index is 0.0737. The quantitative estimate of drug-likeness (QED) is 0.639. The second-order valence-corrected chi connectivity index (χ2v) is 8.32. The van der Waals surface area contributed by atoms with Crippen LogP contribution in [0.25, 0.3) is 0 Å². The van der Waals surface area contributed by atoms with E-state index in [-0.39, 0.29) is 5.91 Å². The van der Waals surface area contributed by atoms with Crippen LogP contribution in [0.5, 0.6) is 0 Å². The monoisotopic (exact) mass is 431 g/mol. The Labute approximate surface area is 125 Å². The molecule has 1 unspecified atom stereocenters. The zero-order chi connectivity index (χ0) is 12.3. The highest BCUT2D eigenvalue weighted by Gasteiger charge is 2.16. The summed E-state index contributed by atoms with van der Waals surface area (Å²) in [5.41, 5.74) is 0. The molecule has 1 rings (SSSR count). The van der Waals surface area contributed by atoms with Crippen molar-refractivity contribution in [2.24, 2.45) is 0 Å². The smallest absolute Gasteiger partial charge is 0.263 e. The number of hydrogen-bond donors (Lipinski definition) is 0. The van der Waals surface area contributed by atoms with Gasteiger partial charge in [0.2, 0.25) is 0 Å². The molecule has 6 heteroatoms. The molecule has 0 aromatic carbocycles. The number of carbonyl (C=O) groups excluding carboxylic acids is 1. The van der Waals surface area contributed by atoms with Crippen molar-refractivity contribution in [3.05, 3.63) is 19.2 Å². The molecular weight excluding hydrogens is 422 g/mol. The van der Waals surface area contributed by atoms with Crippen molar-refractivity contribution in [3.8, 4) is 0 Å². The summed E-state index contributed by atoms with van der Waals surface area (Å²) in [5.74, 6) is 0.0737. The van der Waals surface area contributed by atoms with Gasteiger partial charge in [-0.2, -0.15) is 0 Å². The summed E-state index contributed by atoms with van der Waals surface area (Å²) in [6.07, 6.45) is 0.954. The predicted molar refractivity (Wildman–Crippen MR) is 79.7 cm³/mol. The summed E-state index contributed by atoms with van der Waals surface area (Å²) in [5, 5.41) is 0. The van der Waals surface area contributed by atoms with Crippen LogP contribution in [-0.4, -0.2) is 29.2 Å². The minimum Gasteiger partial charge on any atom is -0.341 e. The lowest BCUT2D eigenvalue weighted by molar-refractivity contribution is 0.0798. The van der Waals surface area contributed by atoms with Gasteiger partial charge in [0.15, 0.2) is 0 Å². The van der Waals surface area contributed by atoms with Crippen molar-refractivity contribution >= 4 is 65.0 Å². The van der Waals surface area contributed by atoms with Gasteiger partial charge < -0.3 is 4.90 Å². The van der Waals surface area contributed by atoms with Crippen LogP contribution in [0.1, 0.15) is 23.0 Å². The maximum absolute atomic E-state index is 12.0. The number of thiophene rings is 1. The Morgan fingerprint density at radius 1 is 1.56 bits per heavy atom. The van der Waals surface area contributed by atoms with Gasteiger partial charge in [-0.15, -0.1) is 11.3 Å². The van der Waals surface area contributed by atoms with Gasteiger partial charge in [0.25, 0.3) is 5.91 Å². The van der Waals surface area contributed by atoms with Gasteiger partial charge in [0, 0.05) is 22.9 Å². The fourth-order valence-electron chi connectivity index (χ4n) is 1.11. The molecule has 1 heterocycles. The summed E-state index contributed by atoms with van der Waals surface area (Å²) in [4.78, 5) is 14.9. The SMILES string of the molecule is CC(Br)CCN(C)C(=O)c1cc(Br)c(Br)s1. The molecule has 2 nitrogen and oxygen atoms in total. The van der Waals surface area contributed by atoms with E-state index in [0.29, 0.717) is 4.83 Å². The molecule has 1 amide bonds. The van der Waals surface area contributed by atoms with E-state index in [1.165, 1.54) is 11.3 Å². The highest BCUT2D eigenvalue weighted by atomic mass is 79.9. The largest absolute Gasteiger partial charge is 0.341 e. The lowest BCUT2D eigenvalue weighted by Gasteiger charge is -2.16. The van der Waals surface area contributed by atoms with Crippen molar-refractivity contribution in [3.63, 3.8) is 0 Å². The summed E-state index contributed by atoms with van der Waals surface area (Å²) in [6.45, 7) is 2.84. The number of alkyl halides is 1. The van der Waals surface area contributed by atoms with E-state index in [1.54, 1.807) is 4.90 Å². The Bertz CT molecular complexity index is 359. The van der Waals surface area contributed by atoms with E-state index in [1.807, 2.05) is 13.1 Å². The highest BCUT2D eigenvalue weighted by Crippen LogP contribution is 2.32. The van der Waals surface area contributed by atoms with Crippen molar-refractivity contribution in [1.29, 1.82) is 0 Å². The Hall–Kier alpha value is 0.610. The standard InChI is InChI=1S/C10H12Br3NOS/c1-6(11)3-4-14(2)10(15)8-5-7(12)9(13)16-8/h5-6H,3-4H2,1-2H3. The molecule has 0 aliphatic carbocycles. The summed E-state index contributed by atoms with van der Waals surface area (Å²) in [7, 11) is 1.83. The van der Waals surface area contributed by atoms with Crippen LogP contribution in [0.3, 0.4) is 0 Å². The van der Waals surface area contributed by atoms with Crippen LogP contribution < -0.4 is 0 Å². The Morgan fingerprint density at radius 2 is 2.19 bits per heavy atom. The fraction of sp³-hybridized carbons (Fsp3) is 0.500. The van der Waals surface area contributed by atoms with Crippen LogP contribution in [0.2, 0.25) is 0 Å². The van der Waals surface area contributed by atoms with Crippen molar-refractivity contribution in [1.82, 2.24) is 4.90 Å². The average molecular weight is 434 g/mol. The first kappa shape index (κ1) is 14.7. The summed E-state index contributed by atoms with van der Waals surface area (Å²) >= 11 is 11.7. The second-order valence-electron chi connectivity index (χ2n) is 3.53. The molecule has 16 heavy (non-hydrogen) atoms. The topological polar surface area (TPSA) is 20.3 Å². The van der Waals surface area contributed by atoms with Crippen LogP contribution in [0.15, 0.2) is 14.3 Å². The molecule has 1 atom stereocenters. The number of nitrogens with zero attached hydrogens (tertiary/aromatic N) is 1.